The molecule has 0 bridgehead atoms. The molecule has 0 radical (unpaired) electrons. The molecule has 1 aliphatic heterocycles. The van der Waals surface area contributed by atoms with Crippen LogP contribution in [0.15, 0.2) is 54.4 Å². The molecule has 2 unspecified atom stereocenters. The van der Waals surface area contributed by atoms with Crippen LogP contribution in [-0.2, 0) is 12.8 Å². The lowest BCUT2D eigenvalue weighted by atomic mass is 10.1. The van der Waals surface area contributed by atoms with E-state index in [-0.39, 0.29) is 18.0 Å². The van der Waals surface area contributed by atoms with E-state index in [0.717, 1.165) is 31.2 Å². The first kappa shape index (κ1) is 17.9. The van der Waals surface area contributed by atoms with Crippen molar-refractivity contribution in [2.24, 2.45) is 0 Å². The Morgan fingerprint density at radius 3 is 2.52 bits per heavy atom. The highest BCUT2D eigenvalue weighted by atomic mass is 19.1. The second-order valence-corrected chi connectivity index (χ2v) is 7.62. The summed E-state index contributed by atoms with van der Waals surface area (Å²) in [6.45, 7) is 4.23. The van der Waals surface area contributed by atoms with Crippen LogP contribution in [-0.4, -0.2) is 12.1 Å². The molecule has 0 saturated heterocycles. The lowest BCUT2D eigenvalue weighted by Gasteiger charge is -2.19. The summed E-state index contributed by atoms with van der Waals surface area (Å²) in [6, 6.07) is 14.2. The minimum atomic E-state index is -0.290. The molecule has 2 atom stereocenters. The summed E-state index contributed by atoms with van der Waals surface area (Å²) < 4.78 is 20.6. The summed E-state index contributed by atoms with van der Waals surface area (Å²) in [5, 5.41) is 6.85. The predicted molar refractivity (Wildman–Crippen MR) is 106 cm³/mol. The molecule has 2 N–H and O–H groups in total. The van der Waals surface area contributed by atoms with E-state index in [1.165, 1.54) is 16.8 Å². The van der Waals surface area contributed by atoms with Crippen LogP contribution >= 0.6 is 0 Å². The van der Waals surface area contributed by atoms with E-state index in [0.29, 0.717) is 11.8 Å². The molecule has 0 aromatic heterocycles. The topological polar surface area (TPSA) is 33.3 Å². The van der Waals surface area contributed by atoms with Crippen molar-refractivity contribution >= 4 is 0 Å². The molecule has 0 fully saturated rings. The largest absolute Gasteiger partial charge is 0.487 e. The van der Waals surface area contributed by atoms with Crippen molar-refractivity contribution in [3.63, 3.8) is 0 Å². The molecule has 2 aromatic rings. The zero-order valence-corrected chi connectivity index (χ0v) is 16.0. The van der Waals surface area contributed by atoms with E-state index in [2.05, 4.69) is 36.6 Å². The van der Waals surface area contributed by atoms with Crippen LogP contribution in [0.4, 0.5) is 4.39 Å². The number of ether oxygens (including phenoxy) is 1. The van der Waals surface area contributed by atoms with Crippen LogP contribution in [0.2, 0.25) is 0 Å². The van der Waals surface area contributed by atoms with E-state index >= 15 is 0 Å². The molecule has 0 saturated carbocycles. The summed E-state index contributed by atoms with van der Waals surface area (Å²) in [5.74, 6) is 0.0543. The van der Waals surface area contributed by atoms with Crippen molar-refractivity contribution in [2.45, 2.75) is 57.7 Å². The lowest BCUT2D eigenvalue weighted by molar-refractivity contribution is 0.204. The maximum atomic E-state index is 14.6. The van der Waals surface area contributed by atoms with Gasteiger partial charge in [-0.1, -0.05) is 37.3 Å². The van der Waals surface area contributed by atoms with E-state index in [4.69, 9.17) is 4.74 Å². The minimum Gasteiger partial charge on any atom is -0.487 e. The van der Waals surface area contributed by atoms with E-state index in [1.54, 1.807) is 12.1 Å². The number of fused-ring (bicyclic) bond motifs is 1. The van der Waals surface area contributed by atoms with Gasteiger partial charge in [0.05, 0.1) is 0 Å². The molecule has 0 spiro atoms. The van der Waals surface area contributed by atoms with Crippen LogP contribution < -0.4 is 15.4 Å². The maximum Gasteiger partial charge on any atom is 0.165 e. The van der Waals surface area contributed by atoms with Crippen LogP contribution in [0.5, 0.6) is 5.75 Å². The third-order valence-electron chi connectivity index (χ3n) is 5.62. The Kier molecular flexibility index (Phi) is 5.06. The van der Waals surface area contributed by atoms with Gasteiger partial charge in [-0.2, -0.15) is 0 Å². The first-order valence-electron chi connectivity index (χ1n) is 9.87. The Bertz CT molecular complexity index is 823. The first-order chi connectivity index (χ1) is 13.1. The molecule has 142 valence electrons. The molecule has 0 amide bonds. The first-order valence-corrected chi connectivity index (χ1v) is 9.87. The van der Waals surface area contributed by atoms with E-state index in [9.17, 15) is 4.39 Å². The summed E-state index contributed by atoms with van der Waals surface area (Å²) in [5.41, 5.74) is 4.72. The van der Waals surface area contributed by atoms with Gasteiger partial charge in [-0.3, -0.25) is 0 Å². The van der Waals surface area contributed by atoms with Crippen LogP contribution in [0, 0.1) is 5.82 Å². The number of hydrogen-bond acceptors (Lipinski definition) is 3. The Balaban J connectivity index is 1.38. The average Bonchev–Trinajstić information content (AvgIpc) is 3.29. The number of hydrogen-bond donors (Lipinski definition) is 2. The number of halogens is 1. The van der Waals surface area contributed by atoms with Gasteiger partial charge in [-0.25, -0.2) is 4.39 Å². The average molecular weight is 366 g/mol. The fraction of sp³-hybridized carbons (Fsp3) is 0.391. The highest BCUT2D eigenvalue weighted by Gasteiger charge is 2.24. The van der Waals surface area contributed by atoms with Crippen molar-refractivity contribution in [3.05, 3.63) is 76.9 Å². The number of nitrogens with one attached hydrogen (secondary N) is 2. The predicted octanol–water partition coefficient (Wildman–Crippen LogP) is 4.64. The molecular weight excluding hydrogens is 339 g/mol. The molecule has 3 nitrogen and oxygen atoms in total. The zero-order chi connectivity index (χ0) is 18.8. The number of rotatable bonds is 6. The fourth-order valence-electron chi connectivity index (χ4n) is 3.99. The van der Waals surface area contributed by atoms with Crippen LogP contribution in [0.1, 0.15) is 49.4 Å². The quantitative estimate of drug-likeness (QED) is 0.782. The highest BCUT2D eigenvalue weighted by Crippen LogP contribution is 2.29. The third kappa shape index (κ3) is 3.95. The monoisotopic (exact) mass is 366 g/mol. The molecule has 27 heavy (non-hydrogen) atoms. The summed E-state index contributed by atoms with van der Waals surface area (Å²) in [7, 11) is 0. The second kappa shape index (κ2) is 7.63. The van der Waals surface area contributed by atoms with Crippen molar-refractivity contribution in [2.75, 3.05) is 0 Å². The molecule has 2 aromatic carbocycles. The summed E-state index contributed by atoms with van der Waals surface area (Å²) in [6.07, 6.45) is 5.83. The Morgan fingerprint density at radius 2 is 1.89 bits per heavy atom. The van der Waals surface area contributed by atoms with Crippen LogP contribution in [0.25, 0.3) is 0 Å². The van der Waals surface area contributed by atoms with Gasteiger partial charge < -0.3 is 15.4 Å². The van der Waals surface area contributed by atoms with Gasteiger partial charge in [0.1, 0.15) is 6.10 Å². The normalized spacial score (nSPS) is 20.0. The van der Waals surface area contributed by atoms with Gasteiger partial charge in [0.25, 0.3) is 0 Å². The van der Waals surface area contributed by atoms with Gasteiger partial charge in [-0.15, -0.1) is 0 Å². The van der Waals surface area contributed by atoms with Crippen molar-refractivity contribution in [3.8, 4) is 5.75 Å². The molecule has 1 aliphatic carbocycles. The van der Waals surface area contributed by atoms with E-state index < -0.39 is 0 Å². The molecular formula is C23H27FN2O. The van der Waals surface area contributed by atoms with Gasteiger partial charge in [0.15, 0.2) is 11.6 Å². The van der Waals surface area contributed by atoms with Gasteiger partial charge in [0, 0.05) is 43.2 Å². The SMILES string of the molecule is CCC1CC(NC(C)c2ccc(OC3Cc4ccccc4C3)c(F)c2)=CN1. The smallest absolute Gasteiger partial charge is 0.165 e. The van der Waals surface area contributed by atoms with E-state index in [1.807, 2.05) is 24.4 Å². The molecule has 2 aliphatic rings. The van der Waals surface area contributed by atoms with Gasteiger partial charge in [-0.05, 0) is 42.2 Å². The Morgan fingerprint density at radius 1 is 1.15 bits per heavy atom. The van der Waals surface area contributed by atoms with Gasteiger partial charge >= 0.3 is 0 Å². The third-order valence-corrected chi connectivity index (χ3v) is 5.62. The van der Waals surface area contributed by atoms with Crippen molar-refractivity contribution in [1.82, 2.24) is 10.6 Å². The molecule has 4 heteroatoms. The van der Waals surface area contributed by atoms with Gasteiger partial charge in [0.2, 0.25) is 0 Å². The standard InChI is InChI=1S/C23H27FN2O/c1-3-19-13-20(14-25-19)26-15(2)16-8-9-23(22(24)12-16)27-21-10-17-6-4-5-7-18(17)11-21/h4-9,12,14-15,19,21,25-26H,3,10-11,13H2,1-2H3. The molecule has 1 heterocycles. The van der Waals surface area contributed by atoms with Crippen molar-refractivity contribution in [1.29, 1.82) is 0 Å². The summed E-state index contributed by atoms with van der Waals surface area (Å²) in [4.78, 5) is 0. The van der Waals surface area contributed by atoms with Crippen molar-refractivity contribution < 1.29 is 9.13 Å². The number of benzene rings is 2. The Labute approximate surface area is 160 Å². The second-order valence-electron chi connectivity index (χ2n) is 7.62. The minimum absolute atomic E-state index is 0.0130. The van der Waals surface area contributed by atoms with Crippen LogP contribution in [0.3, 0.4) is 0 Å². The lowest BCUT2D eigenvalue weighted by Crippen LogP contribution is -2.20. The molecule has 4 rings (SSSR count). The Hall–Kier alpha value is -2.49. The fourth-order valence-corrected chi connectivity index (χ4v) is 3.99. The summed E-state index contributed by atoms with van der Waals surface area (Å²) >= 11 is 0. The maximum absolute atomic E-state index is 14.6. The highest BCUT2D eigenvalue weighted by molar-refractivity contribution is 5.35. The zero-order valence-electron chi connectivity index (χ0n) is 16.0.